The molecule has 0 N–H and O–H groups in total. The molecule has 1 aliphatic rings. The number of nitrogens with zero attached hydrogens (tertiary/aromatic N) is 2. The lowest BCUT2D eigenvalue weighted by Gasteiger charge is -2.26. The monoisotopic (exact) mass is 416 g/mol. The van der Waals surface area contributed by atoms with Gasteiger partial charge in [-0.1, -0.05) is 41.1 Å². The topological polar surface area (TPSA) is 80.5 Å². The van der Waals surface area contributed by atoms with Gasteiger partial charge in [-0.15, -0.1) is 11.3 Å². The molecule has 6 nitrogen and oxygen atoms in total. The Morgan fingerprint density at radius 2 is 2.07 bits per heavy atom. The lowest BCUT2D eigenvalue weighted by molar-refractivity contribution is 0.0672. The molecule has 4 rings (SSSR count). The van der Waals surface area contributed by atoms with Crippen molar-refractivity contribution in [3.05, 3.63) is 64.0 Å². The molecule has 1 atom stereocenters. The first kappa shape index (κ1) is 18.9. The van der Waals surface area contributed by atoms with E-state index in [-0.39, 0.29) is 29.1 Å². The van der Waals surface area contributed by atoms with Crippen LogP contribution in [0.5, 0.6) is 0 Å². The summed E-state index contributed by atoms with van der Waals surface area (Å²) in [6.07, 6.45) is 0.447. The third kappa shape index (κ3) is 4.02. The number of rotatable bonds is 5. The number of aromatic nitrogens is 1. The molecule has 1 amide bonds. The van der Waals surface area contributed by atoms with Crippen molar-refractivity contribution in [2.45, 2.75) is 25.9 Å². The van der Waals surface area contributed by atoms with Gasteiger partial charge in [0, 0.05) is 22.5 Å². The maximum atomic E-state index is 13.2. The van der Waals surface area contributed by atoms with Crippen LogP contribution in [0.2, 0.25) is 0 Å². The van der Waals surface area contributed by atoms with Crippen molar-refractivity contribution in [3.8, 4) is 11.3 Å². The molecule has 3 aromatic rings. The van der Waals surface area contributed by atoms with Crippen molar-refractivity contribution in [1.82, 2.24) is 10.1 Å². The second kappa shape index (κ2) is 7.52. The third-order valence-electron chi connectivity index (χ3n) is 4.88. The number of benzene rings is 1. The summed E-state index contributed by atoms with van der Waals surface area (Å²) < 4.78 is 29.3. The number of carbonyl (C=O) groups excluding carboxylic acids is 1. The van der Waals surface area contributed by atoms with Crippen molar-refractivity contribution in [2.75, 3.05) is 11.5 Å². The quantitative estimate of drug-likeness (QED) is 0.635. The highest BCUT2D eigenvalue weighted by atomic mass is 32.2. The highest BCUT2D eigenvalue weighted by Crippen LogP contribution is 2.26. The van der Waals surface area contributed by atoms with Crippen LogP contribution in [0, 0.1) is 6.92 Å². The summed E-state index contributed by atoms with van der Waals surface area (Å²) >= 11 is 1.54. The van der Waals surface area contributed by atoms with Crippen molar-refractivity contribution in [3.63, 3.8) is 0 Å². The van der Waals surface area contributed by atoms with Crippen LogP contribution in [0.1, 0.15) is 27.3 Å². The van der Waals surface area contributed by atoms with E-state index in [1.165, 1.54) is 11.3 Å². The molecule has 2 aromatic heterocycles. The van der Waals surface area contributed by atoms with Gasteiger partial charge in [0.2, 0.25) is 0 Å². The van der Waals surface area contributed by atoms with Crippen molar-refractivity contribution < 1.29 is 17.7 Å². The summed E-state index contributed by atoms with van der Waals surface area (Å²) in [5, 5.41) is 5.90. The number of carbonyl (C=O) groups is 1. The smallest absolute Gasteiger partial charge is 0.276 e. The molecule has 1 aromatic carbocycles. The minimum Gasteiger partial charge on any atom is -0.355 e. The molecule has 1 fully saturated rings. The molecule has 0 bridgehead atoms. The van der Waals surface area contributed by atoms with Gasteiger partial charge in [0.05, 0.1) is 18.1 Å². The van der Waals surface area contributed by atoms with Crippen LogP contribution in [0.3, 0.4) is 0 Å². The van der Waals surface area contributed by atoms with Crippen LogP contribution >= 0.6 is 11.3 Å². The highest BCUT2D eigenvalue weighted by molar-refractivity contribution is 7.91. The Bertz CT molecular complexity index is 1070. The maximum Gasteiger partial charge on any atom is 0.276 e. The van der Waals surface area contributed by atoms with Crippen LogP contribution in [-0.2, 0) is 16.4 Å². The molecule has 3 heterocycles. The molecule has 1 unspecified atom stereocenters. The number of hydrogen-bond donors (Lipinski definition) is 0. The van der Waals surface area contributed by atoms with E-state index in [0.717, 1.165) is 16.0 Å². The number of hydrogen-bond acceptors (Lipinski definition) is 6. The third-order valence-corrected chi connectivity index (χ3v) is 7.49. The molecule has 146 valence electrons. The molecule has 0 aliphatic carbocycles. The molecule has 1 saturated heterocycles. The minimum absolute atomic E-state index is 0.00716. The lowest BCUT2D eigenvalue weighted by Crippen LogP contribution is -2.40. The van der Waals surface area contributed by atoms with Crippen molar-refractivity contribution in [2.24, 2.45) is 0 Å². The number of thiophene rings is 1. The van der Waals surface area contributed by atoms with Gasteiger partial charge in [-0.05, 0) is 24.8 Å². The molecular formula is C20H20N2O4S2. The fraction of sp³-hybridized carbons (Fsp3) is 0.300. The minimum atomic E-state index is -3.11. The standard InChI is InChI=1S/C20H20N2O4S2/c1-14-4-6-15(7-5-14)19-11-18(21-26-19)20(23)22(12-17-3-2-9-27-17)16-8-10-28(24,25)13-16/h2-7,9,11,16H,8,10,12-13H2,1H3. The normalized spacial score (nSPS) is 18.2. The van der Waals surface area contributed by atoms with Crippen molar-refractivity contribution in [1.29, 1.82) is 0 Å². The van der Waals surface area contributed by atoms with Crippen LogP contribution in [0.4, 0.5) is 0 Å². The molecule has 8 heteroatoms. The summed E-state index contributed by atoms with van der Waals surface area (Å²) in [5.74, 6) is 0.308. The van der Waals surface area contributed by atoms with Gasteiger partial charge in [-0.2, -0.15) is 0 Å². The number of amides is 1. The van der Waals surface area contributed by atoms with Gasteiger partial charge in [0.15, 0.2) is 21.3 Å². The Balaban J connectivity index is 1.61. The zero-order chi connectivity index (χ0) is 19.7. The Morgan fingerprint density at radius 3 is 2.71 bits per heavy atom. The molecule has 1 aliphatic heterocycles. The van der Waals surface area contributed by atoms with E-state index in [1.807, 2.05) is 48.7 Å². The first-order valence-corrected chi connectivity index (χ1v) is 11.7. The fourth-order valence-corrected chi connectivity index (χ4v) is 5.77. The van der Waals surface area contributed by atoms with Crippen LogP contribution in [0.25, 0.3) is 11.3 Å². The Labute approximate surface area is 167 Å². The maximum absolute atomic E-state index is 13.2. The second-order valence-corrected chi connectivity index (χ2v) is 10.3. The summed E-state index contributed by atoms with van der Waals surface area (Å²) in [6, 6.07) is 12.9. The SMILES string of the molecule is Cc1ccc(-c2cc(C(=O)N(Cc3cccs3)C3CCS(=O)(=O)C3)no2)cc1. The Morgan fingerprint density at radius 1 is 1.29 bits per heavy atom. The lowest BCUT2D eigenvalue weighted by atomic mass is 10.1. The summed E-state index contributed by atoms with van der Waals surface area (Å²) in [5.41, 5.74) is 2.16. The van der Waals surface area contributed by atoms with Crippen LogP contribution in [0.15, 0.2) is 52.4 Å². The van der Waals surface area contributed by atoms with Gasteiger partial charge in [-0.3, -0.25) is 4.79 Å². The second-order valence-electron chi connectivity index (χ2n) is 7.01. The Kier molecular flexibility index (Phi) is 5.07. The molecule has 0 spiro atoms. The van der Waals surface area contributed by atoms with Crippen LogP contribution < -0.4 is 0 Å². The fourth-order valence-electron chi connectivity index (χ4n) is 3.34. The van der Waals surface area contributed by atoms with E-state index in [0.29, 0.717) is 18.7 Å². The predicted molar refractivity (Wildman–Crippen MR) is 108 cm³/mol. The van der Waals surface area contributed by atoms with E-state index in [9.17, 15) is 13.2 Å². The van der Waals surface area contributed by atoms with E-state index < -0.39 is 9.84 Å². The van der Waals surface area contributed by atoms with Gasteiger partial charge >= 0.3 is 0 Å². The summed E-state index contributed by atoms with van der Waals surface area (Å²) in [7, 11) is -3.11. The average Bonchev–Trinajstić information content (AvgIpc) is 3.40. The Hall–Kier alpha value is -2.45. The first-order chi connectivity index (χ1) is 13.4. The molecular weight excluding hydrogens is 396 g/mol. The highest BCUT2D eigenvalue weighted by Gasteiger charge is 2.36. The summed E-state index contributed by atoms with van der Waals surface area (Å²) in [6.45, 7) is 2.36. The zero-order valence-corrected chi connectivity index (χ0v) is 17.0. The first-order valence-electron chi connectivity index (χ1n) is 8.99. The molecule has 28 heavy (non-hydrogen) atoms. The number of aryl methyl sites for hydroxylation is 1. The van der Waals surface area contributed by atoms with E-state index in [4.69, 9.17) is 4.52 Å². The van der Waals surface area contributed by atoms with E-state index in [2.05, 4.69) is 5.16 Å². The van der Waals surface area contributed by atoms with Gasteiger partial charge in [0.25, 0.3) is 5.91 Å². The summed E-state index contributed by atoms with van der Waals surface area (Å²) in [4.78, 5) is 15.8. The van der Waals surface area contributed by atoms with Crippen molar-refractivity contribution >= 4 is 27.1 Å². The van der Waals surface area contributed by atoms with E-state index >= 15 is 0 Å². The predicted octanol–water partition coefficient (Wildman–Crippen LogP) is 3.54. The van der Waals surface area contributed by atoms with Gasteiger partial charge in [-0.25, -0.2) is 8.42 Å². The molecule has 0 saturated carbocycles. The molecule has 0 radical (unpaired) electrons. The van der Waals surface area contributed by atoms with Crippen LogP contribution in [-0.4, -0.2) is 41.9 Å². The average molecular weight is 417 g/mol. The largest absolute Gasteiger partial charge is 0.355 e. The zero-order valence-electron chi connectivity index (χ0n) is 15.4. The number of sulfone groups is 1. The van der Waals surface area contributed by atoms with Gasteiger partial charge < -0.3 is 9.42 Å². The van der Waals surface area contributed by atoms with E-state index in [1.54, 1.807) is 11.0 Å². The van der Waals surface area contributed by atoms with Gasteiger partial charge in [0.1, 0.15) is 0 Å².